The van der Waals surface area contributed by atoms with Crippen LogP contribution in [-0.4, -0.2) is 9.78 Å². The van der Waals surface area contributed by atoms with Crippen molar-refractivity contribution in [2.75, 3.05) is 0 Å². The lowest BCUT2D eigenvalue weighted by molar-refractivity contribution is 0.0615. The van der Waals surface area contributed by atoms with Gasteiger partial charge in [-0.25, -0.2) is 4.68 Å². The van der Waals surface area contributed by atoms with E-state index < -0.39 is 6.55 Å². The fourth-order valence-corrected chi connectivity index (χ4v) is 1.48. The smallest absolute Gasteiger partial charge is 0.204 e. The molecule has 1 aromatic carbocycles. The summed E-state index contributed by atoms with van der Waals surface area (Å²) in [6, 6.07) is 5.43. The molecule has 14 heavy (non-hydrogen) atoms. The predicted molar refractivity (Wildman–Crippen MR) is 50.4 cm³/mol. The van der Waals surface area contributed by atoms with E-state index in [1.165, 1.54) is 6.20 Å². The fourth-order valence-electron chi connectivity index (χ4n) is 1.48. The van der Waals surface area contributed by atoms with Crippen LogP contribution in [0.5, 0.6) is 0 Å². The standard InChI is InChI=1S/C10H10F2N2/c1-2-7-3-4-9-8(5-7)6-13-14(9)10(11)12/h3-6,10H,2H2,1H3. The number of hydrogen-bond acceptors (Lipinski definition) is 1. The maximum absolute atomic E-state index is 12.4. The molecule has 1 aromatic heterocycles. The van der Waals surface area contributed by atoms with E-state index in [2.05, 4.69) is 5.10 Å². The Labute approximate surface area is 80.1 Å². The summed E-state index contributed by atoms with van der Waals surface area (Å²) in [6.07, 6.45) is 2.37. The lowest BCUT2D eigenvalue weighted by Crippen LogP contribution is -1.99. The van der Waals surface area contributed by atoms with E-state index >= 15 is 0 Å². The van der Waals surface area contributed by atoms with Crippen LogP contribution < -0.4 is 0 Å². The molecule has 0 aliphatic rings. The summed E-state index contributed by atoms with van der Waals surface area (Å²) < 4.78 is 25.6. The molecule has 0 saturated heterocycles. The van der Waals surface area contributed by atoms with Gasteiger partial charge in [-0.05, 0) is 24.1 Å². The zero-order valence-electron chi connectivity index (χ0n) is 7.74. The van der Waals surface area contributed by atoms with Gasteiger partial charge in [-0.2, -0.15) is 13.9 Å². The number of rotatable bonds is 2. The Bertz CT molecular complexity index is 448. The molecule has 4 heteroatoms. The van der Waals surface area contributed by atoms with Crippen LogP contribution in [0.25, 0.3) is 10.9 Å². The van der Waals surface area contributed by atoms with Gasteiger partial charge in [0.1, 0.15) is 0 Å². The Morgan fingerprint density at radius 1 is 1.43 bits per heavy atom. The van der Waals surface area contributed by atoms with Gasteiger partial charge in [0.25, 0.3) is 0 Å². The topological polar surface area (TPSA) is 17.8 Å². The molecule has 0 fully saturated rings. The summed E-state index contributed by atoms with van der Waals surface area (Å²) in [6.45, 7) is -0.543. The van der Waals surface area contributed by atoms with Crippen molar-refractivity contribution in [3.05, 3.63) is 30.0 Å². The number of nitrogens with zero attached hydrogens (tertiary/aromatic N) is 2. The van der Waals surface area contributed by atoms with Gasteiger partial charge in [0.2, 0.25) is 0 Å². The molecule has 2 rings (SSSR count). The summed E-state index contributed by atoms with van der Waals surface area (Å²) in [5, 5.41) is 4.41. The molecule has 2 nitrogen and oxygen atoms in total. The molecule has 0 atom stereocenters. The zero-order valence-corrected chi connectivity index (χ0v) is 7.74. The van der Waals surface area contributed by atoms with Crippen LogP contribution in [-0.2, 0) is 6.42 Å². The predicted octanol–water partition coefficient (Wildman–Crippen LogP) is 2.99. The lowest BCUT2D eigenvalue weighted by Gasteiger charge is -2.01. The highest BCUT2D eigenvalue weighted by Crippen LogP contribution is 2.20. The Balaban J connectivity index is 2.59. The molecule has 0 unspecified atom stereocenters. The summed E-state index contributed by atoms with van der Waals surface area (Å²) in [7, 11) is 0. The third kappa shape index (κ3) is 1.36. The van der Waals surface area contributed by atoms with Crippen molar-refractivity contribution in [2.45, 2.75) is 19.9 Å². The van der Waals surface area contributed by atoms with Gasteiger partial charge in [-0.15, -0.1) is 0 Å². The Hall–Kier alpha value is -1.45. The molecule has 2 aromatic rings. The molecular formula is C10H10F2N2. The van der Waals surface area contributed by atoms with Crippen molar-refractivity contribution in [2.24, 2.45) is 0 Å². The van der Waals surface area contributed by atoms with E-state index in [1.54, 1.807) is 6.07 Å². The molecular weight excluding hydrogens is 186 g/mol. The highest BCUT2D eigenvalue weighted by molar-refractivity contribution is 5.79. The Morgan fingerprint density at radius 3 is 2.86 bits per heavy atom. The second-order valence-corrected chi connectivity index (χ2v) is 3.11. The molecule has 0 N–H and O–H groups in total. The number of benzene rings is 1. The van der Waals surface area contributed by atoms with Gasteiger partial charge < -0.3 is 0 Å². The van der Waals surface area contributed by atoms with Crippen LogP contribution in [0.2, 0.25) is 0 Å². The van der Waals surface area contributed by atoms with Crippen molar-refractivity contribution in [3.63, 3.8) is 0 Å². The number of fused-ring (bicyclic) bond motifs is 1. The molecule has 0 amide bonds. The van der Waals surface area contributed by atoms with Gasteiger partial charge in [0, 0.05) is 5.39 Å². The third-order valence-electron chi connectivity index (χ3n) is 2.25. The minimum Gasteiger partial charge on any atom is -0.204 e. The van der Waals surface area contributed by atoms with Crippen LogP contribution in [0.15, 0.2) is 24.4 Å². The van der Waals surface area contributed by atoms with E-state index in [1.807, 2.05) is 19.1 Å². The van der Waals surface area contributed by atoms with Gasteiger partial charge in [-0.1, -0.05) is 13.0 Å². The molecule has 0 spiro atoms. The summed E-state index contributed by atoms with van der Waals surface area (Å²) in [5.74, 6) is 0. The third-order valence-corrected chi connectivity index (χ3v) is 2.25. The molecule has 0 saturated carbocycles. The average molecular weight is 196 g/mol. The van der Waals surface area contributed by atoms with Crippen molar-refractivity contribution < 1.29 is 8.78 Å². The highest BCUT2D eigenvalue weighted by Gasteiger charge is 2.10. The Morgan fingerprint density at radius 2 is 2.21 bits per heavy atom. The maximum Gasteiger partial charge on any atom is 0.333 e. The first-order valence-electron chi connectivity index (χ1n) is 4.46. The van der Waals surface area contributed by atoms with Gasteiger partial charge in [-0.3, -0.25) is 0 Å². The normalized spacial score (nSPS) is 11.4. The van der Waals surface area contributed by atoms with Gasteiger partial charge >= 0.3 is 6.55 Å². The molecule has 74 valence electrons. The SMILES string of the molecule is CCc1ccc2c(cnn2C(F)F)c1. The van der Waals surface area contributed by atoms with Crippen LogP contribution >= 0.6 is 0 Å². The minimum absolute atomic E-state index is 0.484. The van der Waals surface area contributed by atoms with Gasteiger partial charge in [0.05, 0.1) is 11.7 Å². The van der Waals surface area contributed by atoms with Crippen LogP contribution in [0.3, 0.4) is 0 Å². The van der Waals surface area contributed by atoms with Crippen molar-refractivity contribution in [1.82, 2.24) is 9.78 Å². The summed E-state index contributed by atoms with van der Waals surface area (Å²) in [5.41, 5.74) is 1.61. The van der Waals surface area contributed by atoms with E-state index in [9.17, 15) is 8.78 Å². The maximum atomic E-state index is 12.4. The van der Waals surface area contributed by atoms with Crippen LogP contribution in [0.4, 0.5) is 8.78 Å². The van der Waals surface area contributed by atoms with E-state index in [-0.39, 0.29) is 0 Å². The molecule has 0 bridgehead atoms. The molecule has 0 radical (unpaired) electrons. The quantitative estimate of drug-likeness (QED) is 0.721. The molecule has 1 heterocycles. The van der Waals surface area contributed by atoms with E-state index in [0.717, 1.165) is 22.1 Å². The molecule has 0 aliphatic heterocycles. The first-order valence-corrected chi connectivity index (χ1v) is 4.46. The van der Waals surface area contributed by atoms with Crippen LogP contribution in [0.1, 0.15) is 19.0 Å². The second-order valence-electron chi connectivity index (χ2n) is 3.11. The first-order chi connectivity index (χ1) is 6.72. The monoisotopic (exact) mass is 196 g/mol. The van der Waals surface area contributed by atoms with Crippen molar-refractivity contribution in [3.8, 4) is 0 Å². The van der Waals surface area contributed by atoms with Crippen LogP contribution in [0, 0.1) is 0 Å². The van der Waals surface area contributed by atoms with E-state index in [4.69, 9.17) is 0 Å². The Kier molecular flexibility index (Phi) is 2.19. The second kappa shape index (κ2) is 3.36. The first kappa shape index (κ1) is 9.12. The zero-order chi connectivity index (χ0) is 10.1. The lowest BCUT2D eigenvalue weighted by atomic mass is 10.1. The minimum atomic E-state index is -2.57. The number of halogens is 2. The average Bonchev–Trinajstić information content (AvgIpc) is 2.59. The van der Waals surface area contributed by atoms with E-state index in [0.29, 0.717) is 5.52 Å². The number of aryl methyl sites for hydroxylation is 1. The highest BCUT2D eigenvalue weighted by atomic mass is 19.3. The summed E-state index contributed by atoms with van der Waals surface area (Å²) in [4.78, 5) is 0. The largest absolute Gasteiger partial charge is 0.333 e. The number of hydrogen-bond donors (Lipinski definition) is 0. The fraction of sp³-hybridized carbons (Fsp3) is 0.300. The van der Waals surface area contributed by atoms with Crippen molar-refractivity contribution in [1.29, 1.82) is 0 Å². The van der Waals surface area contributed by atoms with Crippen molar-refractivity contribution >= 4 is 10.9 Å². The number of aromatic nitrogens is 2. The van der Waals surface area contributed by atoms with Gasteiger partial charge in [0.15, 0.2) is 0 Å². The summed E-state index contributed by atoms with van der Waals surface area (Å²) >= 11 is 0. The molecule has 0 aliphatic carbocycles. The number of alkyl halides is 2.